The largest absolute Gasteiger partial charge is 0.111 e. The van der Waals surface area contributed by atoms with Crippen LogP contribution in [-0.2, 0) is 0 Å². The van der Waals surface area contributed by atoms with Crippen LogP contribution in [0.2, 0.25) is 0 Å². The van der Waals surface area contributed by atoms with Crippen LogP contribution in [-0.4, -0.2) is 7.85 Å². The first-order chi connectivity index (χ1) is 5.24. The maximum Gasteiger partial charge on any atom is 0.111 e. The Balaban J connectivity index is 2.81. The lowest BCUT2D eigenvalue weighted by molar-refractivity contribution is 0.882. The topological polar surface area (TPSA) is 0 Å². The standard InChI is InChI=1S/C10H15B/c1-3-10(11)9-6-4-8(2)5-7-9/h4-7,10H,3,11H2,1-2H3. The number of hydrogen-bond acceptors (Lipinski definition) is 0. The van der Waals surface area contributed by atoms with Crippen LogP contribution < -0.4 is 0 Å². The second kappa shape index (κ2) is 3.61. The van der Waals surface area contributed by atoms with E-state index in [1.165, 1.54) is 17.5 Å². The molecule has 58 valence electrons. The minimum atomic E-state index is 0.704. The molecular formula is C10H15B. The van der Waals surface area contributed by atoms with E-state index in [0.717, 1.165) is 0 Å². The van der Waals surface area contributed by atoms with Gasteiger partial charge in [0.2, 0.25) is 0 Å². The Hall–Kier alpha value is -0.715. The fourth-order valence-electron chi connectivity index (χ4n) is 1.13. The first-order valence-corrected chi connectivity index (χ1v) is 4.30. The van der Waals surface area contributed by atoms with E-state index in [1.807, 2.05) is 0 Å². The fourth-order valence-corrected chi connectivity index (χ4v) is 1.13. The second-order valence-corrected chi connectivity index (χ2v) is 3.22. The molecule has 0 heterocycles. The summed E-state index contributed by atoms with van der Waals surface area (Å²) >= 11 is 0. The molecule has 1 aromatic carbocycles. The summed E-state index contributed by atoms with van der Waals surface area (Å²) in [5.74, 6) is 0.704. The number of aryl methyl sites for hydroxylation is 1. The molecule has 0 nitrogen and oxygen atoms in total. The second-order valence-electron chi connectivity index (χ2n) is 3.22. The molecule has 0 saturated heterocycles. The van der Waals surface area contributed by atoms with Gasteiger partial charge in [0.1, 0.15) is 7.85 Å². The Morgan fingerprint density at radius 3 is 2.27 bits per heavy atom. The highest BCUT2D eigenvalue weighted by Gasteiger charge is 2.00. The van der Waals surface area contributed by atoms with Gasteiger partial charge in [0, 0.05) is 0 Å². The van der Waals surface area contributed by atoms with Gasteiger partial charge in [-0.1, -0.05) is 48.7 Å². The third kappa shape index (κ3) is 2.11. The van der Waals surface area contributed by atoms with Crippen LogP contribution in [0, 0.1) is 6.92 Å². The van der Waals surface area contributed by atoms with Crippen LogP contribution in [0.1, 0.15) is 30.3 Å². The first kappa shape index (κ1) is 8.38. The normalized spacial score (nSPS) is 12.9. The van der Waals surface area contributed by atoms with Gasteiger partial charge in [-0.25, -0.2) is 0 Å². The Bertz CT molecular complexity index is 213. The lowest BCUT2D eigenvalue weighted by Gasteiger charge is -2.07. The smallest absolute Gasteiger partial charge is 0.0655 e. The van der Waals surface area contributed by atoms with E-state index < -0.39 is 0 Å². The molecule has 1 aromatic rings. The average Bonchev–Trinajstić information content (AvgIpc) is 2.05. The molecule has 11 heavy (non-hydrogen) atoms. The third-order valence-electron chi connectivity index (χ3n) is 2.26. The minimum Gasteiger partial charge on any atom is -0.0655 e. The van der Waals surface area contributed by atoms with Gasteiger partial charge in [0.15, 0.2) is 0 Å². The van der Waals surface area contributed by atoms with Gasteiger partial charge >= 0.3 is 0 Å². The van der Waals surface area contributed by atoms with Gasteiger partial charge in [-0.2, -0.15) is 0 Å². The van der Waals surface area contributed by atoms with Gasteiger partial charge in [0.25, 0.3) is 0 Å². The molecule has 0 fully saturated rings. The summed E-state index contributed by atoms with van der Waals surface area (Å²) in [5, 5.41) is 0. The molecular weight excluding hydrogens is 131 g/mol. The summed E-state index contributed by atoms with van der Waals surface area (Å²) < 4.78 is 0. The summed E-state index contributed by atoms with van der Waals surface area (Å²) in [5.41, 5.74) is 2.80. The van der Waals surface area contributed by atoms with Crippen LogP contribution in [0.15, 0.2) is 24.3 Å². The van der Waals surface area contributed by atoms with Crippen molar-refractivity contribution in [2.45, 2.75) is 26.1 Å². The highest BCUT2D eigenvalue weighted by molar-refractivity contribution is 6.12. The molecule has 0 aliphatic carbocycles. The van der Waals surface area contributed by atoms with Gasteiger partial charge < -0.3 is 0 Å². The van der Waals surface area contributed by atoms with Crippen molar-refractivity contribution in [3.8, 4) is 0 Å². The molecule has 0 aliphatic rings. The van der Waals surface area contributed by atoms with E-state index in [4.69, 9.17) is 0 Å². The molecule has 1 heteroatoms. The SMILES string of the molecule is BC(CC)c1ccc(C)cc1. The minimum absolute atomic E-state index is 0.704. The van der Waals surface area contributed by atoms with Crippen molar-refractivity contribution >= 4 is 7.85 Å². The Labute approximate surface area is 70.0 Å². The predicted molar refractivity (Wildman–Crippen MR) is 52.8 cm³/mol. The maximum absolute atomic E-state index is 2.27. The van der Waals surface area contributed by atoms with E-state index in [0.29, 0.717) is 5.82 Å². The summed E-state index contributed by atoms with van der Waals surface area (Å²) in [6.07, 6.45) is 1.23. The Morgan fingerprint density at radius 1 is 1.27 bits per heavy atom. The van der Waals surface area contributed by atoms with E-state index >= 15 is 0 Å². The monoisotopic (exact) mass is 146 g/mol. The Kier molecular flexibility index (Phi) is 2.75. The zero-order chi connectivity index (χ0) is 8.27. The van der Waals surface area contributed by atoms with Gasteiger partial charge in [-0.3, -0.25) is 0 Å². The van der Waals surface area contributed by atoms with Gasteiger partial charge in [-0.15, -0.1) is 0 Å². The van der Waals surface area contributed by atoms with Crippen molar-refractivity contribution in [1.29, 1.82) is 0 Å². The molecule has 0 spiro atoms. The van der Waals surface area contributed by atoms with Crippen molar-refractivity contribution in [1.82, 2.24) is 0 Å². The molecule has 0 aliphatic heterocycles. The lowest BCUT2D eigenvalue weighted by Crippen LogP contribution is -1.95. The van der Waals surface area contributed by atoms with Crippen LogP contribution in [0.5, 0.6) is 0 Å². The number of rotatable bonds is 2. The Morgan fingerprint density at radius 2 is 1.82 bits per heavy atom. The molecule has 0 radical (unpaired) electrons. The third-order valence-corrected chi connectivity index (χ3v) is 2.26. The fraction of sp³-hybridized carbons (Fsp3) is 0.400. The highest BCUT2D eigenvalue weighted by Crippen LogP contribution is 2.15. The van der Waals surface area contributed by atoms with Crippen molar-refractivity contribution in [2.75, 3.05) is 0 Å². The van der Waals surface area contributed by atoms with E-state index in [9.17, 15) is 0 Å². The molecule has 1 rings (SSSR count). The summed E-state index contributed by atoms with van der Waals surface area (Å²) in [7, 11) is 2.27. The van der Waals surface area contributed by atoms with Gasteiger partial charge in [0.05, 0.1) is 0 Å². The number of hydrogen-bond donors (Lipinski definition) is 0. The van der Waals surface area contributed by atoms with Crippen LogP contribution >= 0.6 is 0 Å². The summed E-state index contributed by atoms with van der Waals surface area (Å²) in [4.78, 5) is 0. The molecule has 0 aromatic heterocycles. The quantitative estimate of drug-likeness (QED) is 0.560. The van der Waals surface area contributed by atoms with Crippen LogP contribution in [0.25, 0.3) is 0 Å². The summed E-state index contributed by atoms with van der Waals surface area (Å²) in [6, 6.07) is 8.82. The predicted octanol–water partition coefficient (Wildman–Crippen LogP) is 2.08. The molecule has 1 unspecified atom stereocenters. The molecule has 0 bridgehead atoms. The van der Waals surface area contributed by atoms with Crippen LogP contribution in [0.4, 0.5) is 0 Å². The average molecular weight is 146 g/mol. The van der Waals surface area contributed by atoms with Crippen LogP contribution in [0.3, 0.4) is 0 Å². The lowest BCUT2D eigenvalue weighted by atomic mass is 9.79. The van der Waals surface area contributed by atoms with Gasteiger partial charge in [-0.05, 0) is 12.7 Å². The van der Waals surface area contributed by atoms with Crippen molar-refractivity contribution < 1.29 is 0 Å². The zero-order valence-electron chi connectivity index (χ0n) is 7.59. The highest BCUT2D eigenvalue weighted by atomic mass is 14.0. The molecule has 0 N–H and O–H groups in total. The van der Waals surface area contributed by atoms with E-state index in [2.05, 4.69) is 46.0 Å². The zero-order valence-corrected chi connectivity index (χ0v) is 7.59. The van der Waals surface area contributed by atoms with Crippen molar-refractivity contribution in [3.05, 3.63) is 35.4 Å². The maximum atomic E-state index is 2.27. The molecule has 1 atom stereocenters. The van der Waals surface area contributed by atoms with Crippen molar-refractivity contribution in [3.63, 3.8) is 0 Å². The first-order valence-electron chi connectivity index (χ1n) is 4.30. The van der Waals surface area contributed by atoms with E-state index in [1.54, 1.807) is 0 Å². The molecule has 0 saturated carbocycles. The van der Waals surface area contributed by atoms with E-state index in [-0.39, 0.29) is 0 Å². The van der Waals surface area contributed by atoms with Crippen molar-refractivity contribution in [2.24, 2.45) is 0 Å². The summed E-state index contributed by atoms with van der Waals surface area (Å²) in [6.45, 7) is 4.35. The number of benzene rings is 1. The molecule has 0 amide bonds.